The molecule has 1 atom stereocenters. The molecule has 0 spiro atoms. The molecule has 0 radical (unpaired) electrons. The number of benzene rings is 1. The van der Waals surface area contributed by atoms with Crippen LogP contribution in [0.1, 0.15) is 12.0 Å². The predicted molar refractivity (Wildman–Crippen MR) is 67.5 cm³/mol. The lowest BCUT2D eigenvalue weighted by atomic mass is 10.1. The summed E-state index contributed by atoms with van der Waals surface area (Å²) in [6.45, 7) is -0.517. The van der Waals surface area contributed by atoms with Crippen LogP contribution in [0.25, 0.3) is 0 Å². The molecule has 6 nitrogen and oxygen atoms in total. The van der Waals surface area contributed by atoms with E-state index in [2.05, 4.69) is 0 Å². The van der Waals surface area contributed by atoms with Crippen LogP contribution in [0.3, 0.4) is 0 Å². The third kappa shape index (κ3) is 4.42. The fraction of sp³-hybridized carbons (Fsp3) is 0.462. The van der Waals surface area contributed by atoms with Crippen molar-refractivity contribution in [1.29, 1.82) is 0 Å². The van der Waals surface area contributed by atoms with Crippen molar-refractivity contribution >= 4 is 5.97 Å². The maximum absolute atomic E-state index is 10.8. The fourth-order valence-electron chi connectivity index (χ4n) is 1.57. The van der Waals surface area contributed by atoms with Gasteiger partial charge in [0.1, 0.15) is 0 Å². The topological polar surface area (TPSA) is 96.2 Å². The molecule has 1 aromatic carbocycles. The molecular weight excluding hydrogens is 252 g/mol. The van der Waals surface area contributed by atoms with Gasteiger partial charge in [-0.2, -0.15) is 0 Å². The highest BCUT2D eigenvalue weighted by atomic mass is 16.5. The number of carbonyl (C=O) groups is 1. The number of carboxylic acids is 1. The minimum atomic E-state index is -1.32. The SMILES string of the molecule is COc1cc(CCCO)ccc1OC(CO)C(=O)O. The van der Waals surface area contributed by atoms with Gasteiger partial charge in [-0.1, -0.05) is 6.07 Å². The second kappa shape index (κ2) is 7.60. The number of aliphatic carboxylic acids is 1. The minimum absolute atomic E-state index is 0.103. The van der Waals surface area contributed by atoms with Crippen LogP contribution in [0, 0.1) is 0 Å². The summed E-state index contributed by atoms with van der Waals surface area (Å²) in [6.07, 6.45) is 0.00459. The molecule has 0 bridgehead atoms. The van der Waals surface area contributed by atoms with Gasteiger partial charge in [0.15, 0.2) is 11.5 Å². The lowest BCUT2D eigenvalue weighted by molar-refractivity contribution is -0.146. The van der Waals surface area contributed by atoms with Gasteiger partial charge in [-0.15, -0.1) is 0 Å². The Balaban J connectivity index is 2.86. The van der Waals surface area contributed by atoms with Crippen molar-refractivity contribution < 1.29 is 29.6 Å². The lowest BCUT2D eigenvalue weighted by Gasteiger charge is -2.16. The predicted octanol–water partition coefficient (Wildman–Crippen LogP) is 0.444. The molecular formula is C13H18O6. The summed E-state index contributed by atoms with van der Waals surface area (Å²) in [4.78, 5) is 10.8. The summed E-state index contributed by atoms with van der Waals surface area (Å²) in [6, 6.07) is 5.09. The monoisotopic (exact) mass is 270 g/mol. The summed E-state index contributed by atoms with van der Waals surface area (Å²) in [5.74, 6) is -0.583. The van der Waals surface area contributed by atoms with E-state index < -0.39 is 18.7 Å². The molecule has 0 aromatic heterocycles. The molecule has 106 valence electrons. The first kappa shape index (κ1) is 15.3. The van der Waals surface area contributed by atoms with Crippen LogP contribution in [-0.4, -0.2) is 47.7 Å². The Morgan fingerprint density at radius 1 is 1.32 bits per heavy atom. The van der Waals surface area contributed by atoms with Crippen LogP contribution in [0.4, 0.5) is 0 Å². The number of carboxylic acid groups (broad SMARTS) is 1. The molecule has 0 saturated heterocycles. The quantitative estimate of drug-likeness (QED) is 0.634. The summed E-state index contributed by atoms with van der Waals surface area (Å²) in [7, 11) is 1.45. The summed E-state index contributed by atoms with van der Waals surface area (Å²) >= 11 is 0. The Morgan fingerprint density at radius 3 is 2.58 bits per heavy atom. The van der Waals surface area contributed by atoms with Crippen molar-refractivity contribution in [2.24, 2.45) is 0 Å². The van der Waals surface area contributed by atoms with E-state index in [1.165, 1.54) is 7.11 Å². The van der Waals surface area contributed by atoms with Gasteiger partial charge in [-0.05, 0) is 30.5 Å². The van der Waals surface area contributed by atoms with Crippen molar-refractivity contribution in [3.8, 4) is 11.5 Å². The number of ether oxygens (including phenoxy) is 2. The van der Waals surface area contributed by atoms with Gasteiger partial charge in [0.2, 0.25) is 6.10 Å². The Kier molecular flexibility index (Phi) is 6.11. The van der Waals surface area contributed by atoms with Gasteiger partial charge in [0, 0.05) is 6.61 Å². The maximum atomic E-state index is 10.8. The first-order chi connectivity index (χ1) is 9.12. The highest BCUT2D eigenvalue weighted by Crippen LogP contribution is 2.29. The number of hydrogen-bond acceptors (Lipinski definition) is 5. The zero-order chi connectivity index (χ0) is 14.3. The van der Waals surface area contributed by atoms with Crippen LogP contribution < -0.4 is 9.47 Å². The number of methoxy groups -OCH3 is 1. The molecule has 0 aliphatic rings. The highest BCUT2D eigenvalue weighted by Gasteiger charge is 2.20. The zero-order valence-electron chi connectivity index (χ0n) is 10.7. The molecule has 1 rings (SSSR count). The van der Waals surface area contributed by atoms with Crippen molar-refractivity contribution in [2.45, 2.75) is 18.9 Å². The summed E-state index contributed by atoms with van der Waals surface area (Å²) in [5, 5.41) is 26.5. The molecule has 6 heteroatoms. The third-order valence-corrected chi connectivity index (χ3v) is 2.56. The number of aryl methyl sites for hydroxylation is 1. The number of hydrogen-bond donors (Lipinski definition) is 3. The Morgan fingerprint density at radius 2 is 2.05 bits per heavy atom. The lowest BCUT2D eigenvalue weighted by Crippen LogP contribution is -2.30. The van der Waals surface area contributed by atoms with Gasteiger partial charge in [-0.3, -0.25) is 0 Å². The summed E-state index contributed by atoms with van der Waals surface area (Å²) in [5.41, 5.74) is 0.953. The standard InChI is InChI=1S/C13H18O6/c1-18-11-7-9(3-2-6-14)4-5-10(11)19-12(8-15)13(16)17/h4-5,7,12,14-15H,2-3,6,8H2,1H3,(H,16,17). The van der Waals surface area contributed by atoms with Gasteiger partial charge in [-0.25, -0.2) is 4.79 Å². The van der Waals surface area contributed by atoms with E-state index in [-0.39, 0.29) is 12.4 Å². The first-order valence-electron chi connectivity index (χ1n) is 5.90. The van der Waals surface area contributed by atoms with E-state index in [4.69, 9.17) is 24.8 Å². The van der Waals surface area contributed by atoms with E-state index >= 15 is 0 Å². The van der Waals surface area contributed by atoms with Crippen molar-refractivity contribution in [3.63, 3.8) is 0 Å². The highest BCUT2D eigenvalue weighted by molar-refractivity contribution is 5.73. The van der Waals surface area contributed by atoms with Crippen molar-refractivity contribution in [3.05, 3.63) is 23.8 Å². The molecule has 0 aliphatic carbocycles. The van der Waals surface area contributed by atoms with Crippen LogP contribution in [0.15, 0.2) is 18.2 Å². The molecule has 0 heterocycles. The van der Waals surface area contributed by atoms with Crippen LogP contribution in [-0.2, 0) is 11.2 Å². The van der Waals surface area contributed by atoms with E-state index in [1.54, 1.807) is 18.2 Å². The summed E-state index contributed by atoms with van der Waals surface area (Å²) < 4.78 is 10.3. The third-order valence-electron chi connectivity index (χ3n) is 2.56. The largest absolute Gasteiger partial charge is 0.493 e. The molecule has 0 fully saturated rings. The second-order valence-electron chi connectivity index (χ2n) is 3.94. The Hall–Kier alpha value is -1.79. The molecule has 0 amide bonds. The first-order valence-corrected chi connectivity index (χ1v) is 5.90. The van der Waals surface area contributed by atoms with E-state index in [1.807, 2.05) is 0 Å². The van der Waals surface area contributed by atoms with Gasteiger partial charge in [0.25, 0.3) is 0 Å². The zero-order valence-corrected chi connectivity index (χ0v) is 10.7. The maximum Gasteiger partial charge on any atom is 0.347 e. The molecule has 1 unspecified atom stereocenters. The van der Waals surface area contributed by atoms with Crippen LogP contribution >= 0.6 is 0 Å². The smallest absolute Gasteiger partial charge is 0.347 e. The van der Waals surface area contributed by atoms with Gasteiger partial charge < -0.3 is 24.8 Å². The fourth-order valence-corrected chi connectivity index (χ4v) is 1.57. The minimum Gasteiger partial charge on any atom is -0.493 e. The van der Waals surface area contributed by atoms with Crippen LogP contribution in [0.5, 0.6) is 11.5 Å². The van der Waals surface area contributed by atoms with Gasteiger partial charge >= 0.3 is 5.97 Å². The van der Waals surface area contributed by atoms with Crippen molar-refractivity contribution in [1.82, 2.24) is 0 Å². The normalized spacial score (nSPS) is 11.9. The van der Waals surface area contributed by atoms with E-state index in [0.29, 0.717) is 18.6 Å². The number of rotatable bonds is 8. The molecule has 0 saturated carbocycles. The average molecular weight is 270 g/mol. The molecule has 0 aliphatic heterocycles. The van der Waals surface area contributed by atoms with Gasteiger partial charge in [0.05, 0.1) is 13.7 Å². The van der Waals surface area contributed by atoms with Crippen molar-refractivity contribution in [2.75, 3.05) is 20.3 Å². The number of aliphatic hydroxyl groups excluding tert-OH is 2. The van der Waals surface area contributed by atoms with E-state index in [9.17, 15) is 4.79 Å². The van der Waals surface area contributed by atoms with E-state index in [0.717, 1.165) is 5.56 Å². The Bertz CT molecular complexity index is 418. The molecule has 19 heavy (non-hydrogen) atoms. The second-order valence-corrected chi connectivity index (χ2v) is 3.94. The number of aliphatic hydroxyl groups is 2. The molecule has 1 aromatic rings. The van der Waals surface area contributed by atoms with Crippen LogP contribution in [0.2, 0.25) is 0 Å². The average Bonchev–Trinajstić information content (AvgIpc) is 2.42. The molecule has 3 N–H and O–H groups in total. The Labute approximate surface area is 111 Å².